The summed E-state index contributed by atoms with van der Waals surface area (Å²) in [7, 11) is -3.77. The lowest BCUT2D eigenvalue weighted by Gasteiger charge is -2.15. The first kappa shape index (κ1) is 17.7. The molecule has 6 nitrogen and oxygen atoms in total. The standard InChI is InChI=1S/C20H21N3O3S/c24-27(25,16-10-2-1-3-11-16)23-19-20(26-14-15-8-4-5-9-15)22-18-13-7-6-12-17(18)21-19/h1-3,6-7,10-13,15H,4-5,8-9,14H2,(H,21,23). The van der Waals surface area contributed by atoms with Gasteiger partial charge >= 0.3 is 0 Å². The fraction of sp³-hybridized carbons (Fsp3) is 0.300. The van der Waals surface area contributed by atoms with E-state index in [0.717, 1.165) is 12.8 Å². The van der Waals surface area contributed by atoms with E-state index in [1.807, 2.05) is 18.2 Å². The molecule has 0 saturated heterocycles. The zero-order valence-corrected chi connectivity index (χ0v) is 15.7. The number of rotatable bonds is 6. The lowest BCUT2D eigenvalue weighted by atomic mass is 10.1. The molecule has 0 unspecified atom stereocenters. The summed E-state index contributed by atoms with van der Waals surface area (Å²) in [5.74, 6) is 0.826. The lowest BCUT2D eigenvalue weighted by Crippen LogP contribution is -2.17. The molecule has 1 N–H and O–H groups in total. The number of aromatic nitrogens is 2. The Hall–Kier alpha value is -2.67. The van der Waals surface area contributed by atoms with Crippen molar-refractivity contribution in [2.75, 3.05) is 11.3 Å². The number of nitrogens with zero attached hydrogens (tertiary/aromatic N) is 2. The maximum atomic E-state index is 12.7. The molecule has 1 saturated carbocycles. The minimum Gasteiger partial charge on any atom is -0.475 e. The number of anilines is 1. The lowest BCUT2D eigenvalue weighted by molar-refractivity contribution is 0.245. The van der Waals surface area contributed by atoms with Crippen molar-refractivity contribution in [1.82, 2.24) is 9.97 Å². The first-order chi connectivity index (χ1) is 13.1. The molecule has 1 fully saturated rings. The van der Waals surface area contributed by atoms with Crippen LogP contribution < -0.4 is 9.46 Å². The summed E-state index contributed by atoms with van der Waals surface area (Å²) >= 11 is 0. The maximum Gasteiger partial charge on any atom is 0.263 e. The Bertz CT molecular complexity index is 1030. The van der Waals surface area contributed by atoms with E-state index < -0.39 is 10.0 Å². The predicted molar refractivity (Wildman–Crippen MR) is 104 cm³/mol. The van der Waals surface area contributed by atoms with E-state index in [1.165, 1.54) is 25.0 Å². The second kappa shape index (κ2) is 7.52. The van der Waals surface area contributed by atoms with Crippen molar-refractivity contribution >= 4 is 26.9 Å². The molecular formula is C20H21N3O3S. The molecule has 1 aliphatic carbocycles. The van der Waals surface area contributed by atoms with Gasteiger partial charge in [-0.1, -0.05) is 43.2 Å². The van der Waals surface area contributed by atoms with Crippen LogP contribution in [0.3, 0.4) is 0 Å². The highest BCUT2D eigenvalue weighted by atomic mass is 32.2. The quantitative estimate of drug-likeness (QED) is 0.696. The van der Waals surface area contributed by atoms with Crippen molar-refractivity contribution in [3.8, 4) is 5.88 Å². The Morgan fingerprint density at radius 1 is 0.926 bits per heavy atom. The average molecular weight is 383 g/mol. The molecule has 0 bridgehead atoms. The Morgan fingerprint density at radius 2 is 1.56 bits per heavy atom. The number of hydrogen-bond acceptors (Lipinski definition) is 5. The molecule has 0 spiro atoms. The topological polar surface area (TPSA) is 81.2 Å². The molecule has 1 aliphatic rings. The van der Waals surface area contributed by atoms with Crippen molar-refractivity contribution in [3.63, 3.8) is 0 Å². The number of hydrogen-bond donors (Lipinski definition) is 1. The molecule has 3 aromatic rings. The first-order valence-corrected chi connectivity index (χ1v) is 10.6. The molecule has 0 radical (unpaired) electrons. The van der Waals surface area contributed by atoms with Crippen LogP contribution in [0.5, 0.6) is 5.88 Å². The summed E-state index contributed by atoms with van der Waals surface area (Å²) in [6, 6.07) is 15.5. The van der Waals surface area contributed by atoms with Gasteiger partial charge in [0.2, 0.25) is 5.82 Å². The molecule has 2 aromatic carbocycles. The van der Waals surface area contributed by atoms with Gasteiger partial charge in [0.1, 0.15) is 0 Å². The zero-order chi connectivity index (χ0) is 18.7. The van der Waals surface area contributed by atoms with Gasteiger partial charge in [-0.05, 0) is 43.0 Å². The van der Waals surface area contributed by atoms with Crippen molar-refractivity contribution in [2.45, 2.75) is 30.6 Å². The smallest absolute Gasteiger partial charge is 0.263 e. The van der Waals surface area contributed by atoms with Gasteiger partial charge in [0.05, 0.1) is 22.5 Å². The van der Waals surface area contributed by atoms with Crippen LogP contribution in [0.15, 0.2) is 59.5 Å². The fourth-order valence-electron chi connectivity index (χ4n) is 3.31. The molecule has 0 aliphatic heterocycles. The van der Waals surface area contributed by atoms with Gasteiger partial charge in [-0.25, -0.2) is 18.4 Å². The van der Waals surface area contributed by atoms with E-state index in [1.54, 1.807) is 24.3 Å². The van der Waals surface area contributed by atoms with Crippen LogP contribution in [0.1, 0.15) is 25.7 Å². The molecule has 140 valence electrons. The van der Waals surface area contributed by atoms with Crippen LogP contribution in [0, 0.1) is 5.92 Å². The molecule has 0 amide bonds. The number of para-hydroxylation sites is 2. The van der Waals surface area contributed by atoms with Crippen molar-refractivity contribution in [1.29, 1.82) is 0 Å². The summed E-state index contributed by atoms with van der Waals surface area (Å²) in [4.78, 5) is 9.12. The Kier molecular flexibility index (Phi) is 4.94. The van der Waals surface area contributed by atoms with Gasteiger partial charge in [-0.15, -0.1) is 0 Å². The summed E-state index contributed by atoms with van der Waals surface area (Å²) in [6.07, 6.45) is 4.69. The van der Waals surface area contributed by atoms with E-state index in [-0.39, 0.29) is 16.6 Å². The largest absolute Gasteiger partial charge is 0.475 e. The van der Waals surface area contributed by atoms with E-state index in [9.17, 15) is 8.42 Å². The molecule has 7 heteroatoms. The molecule has 0 atom stereocenters. The van der Waals surface area contributed by atoms with Crippen molar-refractivity contribution < 1.29 is 13.2 Å². The number of ether oxygens (including phenoxy) is 1. The number of benzene rings is 2. The Morgan fingerprint density at radius 3 is 2.26 bits per heavy atom. The highest BCUT2D eigenvalue weighted by Gasteiger charge is 2.21. The third-order valence-electron chi connectivity index (χ3n) is 4.75. The first-order valence-electron chi connectivity index (χ1n) is 9.09. The molecule has 1 aromatic heterocycles. The van der Waals surface area contributed by atoms with E-state index in [2.05, 4.69) is 14.7 Å². The third kappa shape index (κ3) is 4.03. The molecule has 1 heterocycles. The van der Waals surface area contributed by atoms with Crippen molar-refractivity contribution in [2.24, 2.45) is 5.92 Å². The second-order valence-corrected chi connectivity index (χ2v) is 8.43. The highest BCUT2D eigenvalue weighted by Crippen LogP contribution is 2.29. The van der Waals surface area contributed by atoms with Crippen LogP contribution in [0.4, 0.5) is 5.82 Å². The van der Waals surface area contributed by atoms with Crippen LogP contribution in [-0.4, -0.2) is 25.0 Å². The number of nitrogens with one attached hydrogen (secondary N) is 1. The van der Waals surface area contributed by atoms with E-state index in [4.69, 9.17) is 4.74 Å². The molecule has 4 rings (SSSR count). The monoisotopic (exact) mass is 383 g/mol. The van der Waals surface area contributed by atoms with Crippen LogP contribution >= 0.6 is 0 Å². The summed E-state index contributed by atoms with van der Waals surface area (Å²) in [6.45, 7) is 0.521. The number of fused-ring (bicyclic) bond motifs is 1. The van der Waals surface area contributed by atoms with Gasteiger partial charge in [-0.2, -0.15) is 0 Å². The molecular weight excluding hydrogens is 362 g/mol. The third-order valence-corrected chi connectivity index (χ3v) is 6.11. The Labute approximate surface area is 158 Å². The fourth-order valence-corrected chi connectivity index (χ4v) is 4.33. The summed E-state index contributed by atoms with van der Waals surface area (Å²) in [5, 5.41) is 0. The summed E-state index contributed by atoms with van der Waals surface area (Å²) < 4.78 is 33.9. The van der Waals surface area contributed by atoms with Gasteiger partial charge in [0.25, 0.3) is 15.9 Å². The van der Waals surface area contributed by atoms with Crippen molar-refractivity contribution in [3.05, 3.63) is 54.6 Å². The SMILES string of the molecule is O=S(=O)(Nc1nc2ccccc2nc1OCC1CCCC1)c1ccccc1. The minimum atomic E-state index is -3.77. The maximum absolute atomic E-state index is 12.7. The number of sulfonamides is 1. The Balaban J connectivity index is 1.67. The van der Waals surface area contributed by atoms with E-state index >= 15 is 0 Å². The minimum absolute atomic E-state index is 0.121. The predicted octanol–water partition coefficient (Wildman–Crippen LogP) is 4.00. The second-order valence-electron chi connectivity index (χ2n) is 6.75. The summed E-state index contributed by atoms with van der Waals surface area (Å²) in [5.41, 5.74) is 1.28. The average Bonchev–Trinajstić information content (AvgIpc) is 3.20. The molecule has 27 heavy (non-hydrogen) atoms. The van der Waals surface area contributed by atoms with Gasteiger partial charge < -0.3 is 4.74 Å². The van der Waals surface area contributed by atoms with Crippen LogP contribution in [-0.2, 0) is 10.0 Å². The zero-order valence-electron chi connectivity index (χ0n) is 14.8. The van der Waals surface area contributed by atoms with E-state index in [0.29, 0.717) is 23.6 Å². The normalized spacial score (nSPS) is 15.1. The van der Waals surface area contributed by atoms with Gasteiger partial charge in [0.15, 0.2) is 0 Å². The van der Waals surface area contributed by atoms with Gasteiger partial charge in [-0.3, -0.25) is 4.72 Å². The van der Waals surface area contributed by atoms with Crippen LogP contribution in [0.2, 0.25) is 0 Å². The highest BCUT2D eigenvalue weighted by molar-refractivity contribution is 7.92. The van der Waals surface area contributed by atoms with Crippen LogP contribution in [0.25, 0.3) is 11.0 Å². The van der Waals surface area contributed by atoms with Gasteiger partial charge in [0, 0.05) is 0 Å².